The smallest absolute Gasteiger partial charge is 0.234 e. The number of carbonyl (C=O) groups excluding carboxylic acids is 1. The van der Waals surface area contributed by atoms with Gasteiger partial charge < -0.3 is 9.84 Å². The monoisotopic (exact) mass is 348 g/mol. The Morgan fingerprint density at radius 3 is 2.64 bits per heavy atom. The molecule has 6 heteroatoms. The van der Waals surface area contributed by atoms with Gasteiger partial charge in [-0.3, -0.25) is 14.6 Å². The van der Waals surface area contributed by atoms with Crippen molar-refractivity contribution in [3.05, 3.63) is 17.5 Å². The topological polar surface area (TPSA) is 61.6 Å². The minimum absolute atomic E-state index is 0.187. The molecule has 0 unspecified atom stereocenters. The van der Waals surface area contributed by atoms with Crippen molar-refractivity contribution >= 4 is 5.91 Å². The van der Waals surface area contributed by atoms with Gasteiger partial charge in [-0.25, -0.2) is 0 Å². The number of nitrogens with one attached hydrogen (secondary N) is 1. The predicted molar refractivity (Wildman–Crippen MR) is 97.1 cm³/mol. The molecule has 1 aromatic rings. The molecule has 140 valence electrons. The van der Waals surface area contributed by atoms with Crippen LogP contribution in [0.1, 0.15) is 44.6 Å². The molecule has 0 spiro atoms. The van der Waals surface area contributed by atoms with Gasteiger partial charge in [-0.15, -0.1) is 0 Å². The summed E-state index contributed by atoms with van der Waals surface area (Å²) in [4.78, 5) is 17.1. The highest BCUT2D eigenvalue weighted by atomic mass is 16.5. The van der Waals surface area contributed by atoms with Crippen molar-refractivity contribution in [2.45, 2.75) is 52.6 Å². The average Bonchev–Trinajstić information content (AvgIpc) is 2.99. The normalized spacial score (nSPS) is 28.8. The first-order valence-corrected chi connectivity index (χ1v) is 9.67. The van der Waals surface area contributed by atoms with E-state index in [1.54, 1.807) is 0 Å². The zero-order valence-corrected chi connectivity index (χ0v) is 15.8. The van der Waals surface area contributed by atoms with Crippen LogP contribution in [0.5, 0.6) is 0 Å². The lowest BCUT2D eigenvalue weighted by Crippen LogP contribution is -2.51. The number of piperazine rings is 1. The molecule has 2 aliphatic rings. The van der Waals surface area contributed by atoms with Gasteiger partial charge in [0.25, 0.3) is 0 Å². The fraction of sp³-hybridized carbons (Fsp3) is 0.789. The Hall–Kier alpha value is -1.40. The molecule has 2 heterocycles. The van der Waals surface area contributed by atoms with E-state index in [1.165, 1.54) is 12.8 Å². The summed E-state index contributed by atoms with van der Waals surface area (Å²) in [5.74, 6) is 2.34. The molecule has 3 atom stereocenters. The predicted octanol–water partition coefficient (Wildman–Crippen LogP) is 2.04. The van der Waals surface area contributed by atoms with Crippen LogP contribution in [0.25, 0.3) is 0 Å². The van der Waals surface area contributed by atoms with Gasteiger partial charge in [0.2, 0.25) is 5.91 Å². The summed E-state index contributed by atoms with van der Waals surface area (Å²) in [7, 11) is 0. The molecule has 1 amide bonds. The number of rotatable bonds is 5. The summed E-state index contributed by atoms with van der Waals surface area (Å²) in [6.07, 6.45) is 3.65. The maximum atomic E-state index is 12.4. The lowest BCUT2D eigenvalue weighted by molar-refractivity contribution is -0.124. The van der Waals surface area contributed by atoms with Crippen LogP contribution in [0.3, 0.4) is 0 Å². The Morgan fingerprint density at radius 2 is 1.96 bits per heavy atom. The minimum Gasteiger partial charge on any atom is -0.361 e. The molecule has 6 nitrogen and oxygen atoms in total. The molecule has 2 fully saturated rings. The SMILES string of the molecule is Cc1cc(CN2CCN(CC(=O)N[C@H]3CCC[C@@H](C)[C@@H]3C)CC2)no1. The van der Waals surface area contributed by atoms with E-state index in [9.17, 15) is 4.79 Å². The summed E-state index contributed by atoms with van der Waals surface area (Å²) in [6.45, 7) is 11.6. The summed E-state index contributed by atoms with van der Waals surface area (Å²) >= 11 is 0. The highest BCUT2D eigenvalue weighted by Gasteiger charge is 2.28. The molecule has 1 saturated heterocycles. The van der Waals surface area contributed by atoms with Crippen LogP contribution in [0.2, 0.25) is 0 Å². The minimum atomic E-state index is 0.187. The number of aryl methyl sites for hydroxylation is 1. The number of aromatic nitrogens is 1. The first kappa shape index (κ1) is 18.4. The lowest BCUT2D eigenvalue weighted by atomic mass is 9.78. The molecular formula is C19H32N4O2. The standard InChI is InChI=1S/C19H32N4O2/c1-14-5-4-6-18(16(14)3)20-19(24)13-23-9-7-22(8-10-23)12-17-11-15(2)25-21-17/h11,14,16,18H,4-10,12-13H2,1-3H3,(H,20,24)/t14-,16+,18+/m1/s1. The van der Waals surface area contributed by atoms with E-state index in [4.69, 9.17) is 4.52 Å². The molecule has 0 aromatic carbocycles. The van der Waals surface area contributed by atoms with E-state index in [0.29, 0.717) is 24.4 Å². The fourth-order valence-corrected chi connectivity index (χ4v) is 4.07. The molecule has 3 rings (SSSR count). The molecule has 1 aliphatic carbocycles. The van der Waals surface area contributed by atoms with Crippen LogP contribution >= 0.6 is 0 Å². The molecular weight excluding hydrogens is 316 g/mol. The first-order valence-electron chi connectivity index (χ1n) is 9.67. The molecule has 0 radical (unpaired) electrons. The molecule has 1 aromatic heterocycles. The Kier molecular flexibility index (Phi) is 6.12. The Labute approximate surface area is 150 Å². The second-order valence-corrected chi connectivity index (χ2v) is 7.92. The third kappa shape index (κ3) is 5.05. The average molecular weight is 348 g/mol. The Morgan fingerprint density at radius 1 is 1.24 bits per heavy atom. The van der Waals surface area contributed by atoms with Gasteiger partial charge in [-0.2, -0.15) is 0 Å². The third-order valence-electron chi connectivity index (χ3n) is 5.95. The van der Waals surface area contributed by atoms with E-state index >= 15 is 0 Å². The summed E-state index contributed by atoms with van der Waals surface area (Å²) in [5, 5.41) is 7.34. The summed E-state index contributed by atoms with van der Waals surface area (Å²) < 4.78 is 5.13. The van der Waals surface area contributed by atoms with Crippen molar-refractivity contribution in [1.29, 1.82) is 0 Å². The van der Waals surface area contributed by atoms with Gasteiger partial charge in [-0.05, 0) is 25.2 Å². The van der Waals surface area contributed by atoms with E-state index in [0.717, 1.165) is 50.6 Å². The van der Waals surface area contributed by atoms with Gasteiger partial charge in [0.05, 0.1) is 12.2 Å². The van der Waals surface area contributed by atoms with Crippen LogP contribution in [0, 0.1) is 18.8 Å². The maximum absolute atomic E-state index is 12.4. The molecule has 25 heavy (non-hydrogen) atoms. The summed E-state index contributed by atoms with van der Waals surface area (Å²) in [5.41, 5.74) is 0.990. The van der Waals surface area contributed by atoms with Crippen molar-refractivity contribution < 1.29 is 9.32 Å². The number of carbonyl (C=O) groups is 1. The third-order valence-corrected chi connectivity index (χ3v) is 5.95. The highest BCUT2D eigenvalue weighted by molar-refractivity contribution is 5.78. The van der Waals surface area contributed by atoms with E-state index in [-0.39, 0.29) is 5.91 Å². The molecule has 1 aliphatic heterocycles. The number of amides is 1. The Bertz CT molecular complexity index is 566. The number of hydrogen-bond donors (Lipinski definition) is 1. The first-order chi connectivity index (χ1) is 12.0. The second kappa shape index (κ2) is 8.32. The van der Waals surface area contributed by atoms with Crippen LogP contribution in [0.15, 0.2) is 10.6 Å². The van der Waals surface area contributed by atoms with Crippen molar-refractivity contribution in [3.63, 3.8) is 0 Å². The maximum Gasteiger partial charge on any atom is 0.234 e. The van der Waals surface area contributed by atoms with Crippen molar-refractivity contribution in [2.24, 2.45) is 11.8 Å². The van der Waals surface area contributed by atoms with E-state index in [2.05, 4.69) is 34.1 Å². The van der Waals surface area contributed by atoms with Crippen LogP contribution in [-0.4, -0.2) is 59.6 Å². The highest BCUT2D eigenvalue weighted by Crippen LogP contribution is 2.29. The molecule has 1 N–H and O–H groups in total. The number of hydrogen-bond acceptors (Lipinski definition) is 5. The van der Waals surface area contributed by atoms with Crippen molar-refractivity contribution in [3.8, 4) is 0 Å². The van der Waals surface area contributed by atoms with Crippen LogP contribution < -0.4 is 5.32 Å². The molecule has 1 saturated carbocycles. The van der Waals surface area contributed by atoms with Crippen molar-refractivity contribution in [1.82, 2.24) is 20.3 Å². The second-order valence-electron chi connectivity index (χ2n) is 7.92. The largest absolute Gasteiger partial charge is 0.361 e. The zero-order chi connectivity index (χ0) is 17.8. The van der Waals surface area contributed by atoms with E-state index in [1.807, 2.05) is 13.0 Å². The van der Waals surface area contributed by atoms with Gasteiger partial charge in [0.15, 0.2) is 0 Å². The Balaban J connectivity index is 1.39. The quantitative estimate of drug-likeness (QED) is 0.882. The van der Waals surface area contributed by atoms with Crippen LogP contribution in [-0.2, 0) is 11.3 Å². The summed E-state index contributed by atoms with van der Waals surface area (Å²) in [6, 6.07) is 2.35. The van der Waals surface area contributed by atoms with Gasteiger partial charge >= 0.3 is 0 Å². The lowest BCUT2D eigenvalue weighted by Gasteiger charge is -2.36. The number of nitrogens with zero attached hydrogens (tertiary/aromatic N) is 3. The zero-order valence-electron chi connectivity index (χ0n) is 15.8. The van der Waals surface area contributed by atoms with Gasteiger partial charge in [0, 0.05) is 44.8 Å². The fourth-order valence-electron chi connectivity index (χ4n) is 4.07. The van der Waals surface area contributed by atoms with Crippen LogP contribution in [0.4, 0.5) is 0 Å². The molecule has 0 bridgehead atoms. The van der Waals surface area contributed by atoms with Gasteiger partial charge in [0.1, 0.15) is 5.76 Å². The van der Waals surface area contributed by atoms with Crippen molar-refractivity contribution in [2.75, 3.05) is 32.7 Å². The van der Waals surface area contributed by atoms with E-state index < -0.39 is 0 Å². The van der Waals surface area contributed by atoms with Gasteiger partial charge in [-0.1, -0.05) is 31.8 Å².